The van der Waals surface area contributed by atoms with Crippen LogP contribution in [0.15, 0.2) is 12.1 Å². The van der Waals surface area contributed by atoms with Crippen LogP contribution in [0.25, 0.3) is 10.8 Å². The molecule has 0 saturated carbocycles. The summed E-state index contributed by atoms with van der Waals surface area (Å²) in [5.41, 5.74) is -0.263. The lowest BCUT2D eigenvalue weighted by Crippen LogP contribution is -2.27. The minimum Gasteiger partial charge on any atom is -0.494 e. The quantitative estimate of drug-likeness (QED) is 0.782. The Bertz CT molecular complexity index is 663. The van der Waals surface area contributed by atoms with Gasteiger partial charge in [0, 0.05) is 35.7 Å². The largest absolute Gasteiger partial charge is 0.494 e. The number of nitrogens with one attached hydrogen (secondary N) is 1. The van der Waals surface area contributed by atoms with E-state index in [1.807, 2.05) is 0 Å². The van der Waals surface area contributed by atoms with Crippen LogP contribution in [-0.4, -0.2) is 16.2 Å². The number of benzene rings is 1. The van der Waals surface area contributed by atoms with Gasteiger partial charge in [-0.25, -0.2) is 0 Å². The van der Waals surface area contributed by atoms with Gasteiger partial charge >= 0.3 is 6.18 Å². The van der Waals surface area contributed by atoms with Gasteiger partial charge in [-0.15, -0.1) is 0 Å². The molecule has 0 bridgehead atoms. The summed E-state index contributed by atoms with van der Waals surface area (Å²) in [6.07, 6.45) is -4.55. The van der Waals surface area contributed by atoms with E-state index in [0.29, 0.717) is 30.7 Å². The number of fused-ring (bicyclic) bond motifs is 3. The van der Waals surface area contributed by atoms with Gasteiger partial charge in [0.15, 0.2) is 5.88 Å². The number of aromatic hydroxyl groups is 1. The lowest BCUT2D eigenvalue weighted by Gasteiger charge is -2.17. The van der Waals surface area contributed by atoms with Crippen LogP contribution in [0.4, 0.5) is 13.2 Å². The number of hydrogen-bond donors (Lipinski definition) is 2. The lowest BCUT2D eigenvalue weighted by molar-refractivity contribution is -0.136. The molecule has 3 rings (SSSR count). The molecule has 2 heterocycles. The molecule has 0 aliphatic carbocycles. The van der Waals surface area contributed by atoms with Crippen LogP contribution in [0.2, 0.25) is 5.02 Å². The van der Waals surface area contributed by atoms with Crippen molar-refractivity contribution < 1.29 is 18.3 Å². The van der Waals surface area contributed by atoms with Crippen molar-refractivity contribution in [3.05, 3.63) is 28.4 Å². The van der Waals surface area contributed by atoms with Gasteiger partial charge in [0.2, 0.25) is 0 Å². The standard InChI is InChI=1S/C12H10ClF3N2O/c13-6-3-7-9-5-17-1-2-18(9)11(19)10(7)8(4-6)12(14,15)16/h3-4,17,19H,1-2,5H2. The van der Waals surface area contributed by atoms with E-state index in [1.165, 1.54) is 10.6 Å². The van der Waals surface area contributed by atoms with E-state index in [4.69, 9.17) is 11.6 Å². The minimum atomic E-state index is -4.55. The third-order valence-electron chi connectivity index (χ3n) is 3.33. The summed E-state index contributed by atoms with van der Waals surface area (Å²) in [7, 11) is 0. The fourth-order valence-electron chi connectivity index (χ4n) is 2.54. The summed E-state index contributed by atoms with van der Waals surface area (Å²) >= 11 is 5.77. The topological polar surface area (TPSA) is 37.2 Å². The van der Waals surface area contributed by atoms with Gasteiger partial charge in [0.1, 0.15) is 0 Å². The summed E-state index contributed by atoms with van der Waals surface area (Å²) in [6, 6.07) is 2.31. The van der Waals surface area contributed by atoms with Gasteiger partial charge in [-0.3, -0.25) is 0 Å². The number of alkyl halides is 3. The third kappa shape index (κ3) is 1.86. The van der Waals surface area contributed by atoms with Crippen LogP contribution < -0.4 is 5.32 Å². The molecule has 0 spiro atoms. The Balaban J connectivity index is 2.43. The number of aromatic nitrogens is 1. The van der Waals surface area contributed by atoms with Crippen LogP contribution in [0.5, 0.6) is 5.88 Å². The molecule has 1 aromatic carbocycles. The molecule has 0 fully saturated rings. The van der Waals surface area contributed by atoms with Crippen molar-refractivity contribution in [3.63, 3.8) is 0 Å². The van der Waals surface area contributed by atoms with Gasteiger partial charge in [0.25, 0.3) is 0 Å². The fourth-order valence-corrected chi connectivity index (χ4v) is 2.75. The molecule has 1 aliphatic rings. The highest BCUT2D eigenvalue weighted by atomic mass is 35.5. The zero-order chi connectivity index (χ0) is 13.8. The van der Waals surface area contributed by atoms with E-state index in [-0.39, 0.29) is 16.3 Å². The first-order valence-corrected chi connectivity index (χ1v) is 6.09. The molecule has 102 valence electrons. The van der Waals surface area contributed by atoms with E-state index >= 15 is 0 Å². The predicted molar refractivity (Wildman–Crippen MR) is 65.3 cm³/mol. The summed E-state index contributed by atoms with van der Waals surface area (Å²) in [5.74, 6) is -0.338. The molecule has 3 nitrogen and oxygen atoms in total. The molecular weight excluding hydrogens is 281 g/mol. The van der Waals surface area contributed by atoms with Gasteiger partial charge in [-0.05, 0) is 12.1 Å². The fraction of sp³-hybridized carbons (Fsp3) is 0.333. The second-order valence-electron chi connectivity index (χ2n) is 4.47. The molecule has 1 aliphatic heterocycles. The first-order chi connectivity index (χ1) is 8.89. The Hall–Kier alpha value is -1.40. The van der Waals surface area contributed by atoms with Crippen molar-refractivity contribution in [1.29, 1.82) is 0 Å². The molecular formula is C12H10ClF3N2O. The molecule has 0 atom stereocenters. The number of nitrogens with zero attached hydrogens (tertiary/aromatic N) is 1. The molecule has 0 amide bonds. The maximum atomic E-state index is 13.0. The molecule has 0 radical (unpaired) electrons. The van der Waals surface area contributed by atoms with E-state index in [2.05, 4.69) is 5.32 Å². The predicted octanol–water partition coefficient (Wildman–Crippen LogP) is 3.12. The Morgan fingerprint density at radius 1 is 1.32 bits per heavy atom. The van der Waals surface area contributed by atoms with Crippen molar-refractivity contribution in [2.75, 3.05) is 6.54 Å². The normalized spacial score (nSPS) is 15.8. The van der Waals surface area contributed by atoms with Crippen molar-refractivity contribution >= 4 is 22.4 Å². The van der Waals surface area contributed by atoms with Gasteiger partial charge < -0.3 is 15.0 Å². The molecule has 2 aromatic rings. The molecule has 0 saturated heterocycles. The average Bonchev–Trinajstić information content (AvgIpc) is 2.62. The first-order valence-electron chi connectivity index (χ1n) is 5.71. The molecule has 0 unspecified atom stereocenters. The van der Waals surface area contributed by atoms with Crippen LogP contribution in [-0.2, 0) is 19.3 Å². The summed E-state index contributed by atoms with van der Waals surface area (Å²) in [5, 5.41) is 13.3. The zero-order valence-electron chi connectivity index (χ0n) is 9.68. The highest BCUT2D eigenvalue weighted by Gasteiger charge is 2.36. The molecule has 2 N–H and O–H groups in total. The SMILES string of the molecule is Oc1c2c(C(F)(F)F)cc(Cl)cc2c2n1CCNC2. The monoisotopic (exact) mass is 290 g/mol. The molecule has 7 heteroatoms. The maximum Gasteiger partial charge on any atom is 0.417 e. The number of hydrogen-bond acceptors (Lipinski definition) is 2. The summed E-state index contributed by atoms with van der Waals surface area (Å²) in [6.45, 7) is 1.45. The van der Waals surface area contributed by atoms with Gasteiger partial charge in [0.05, 0.1) is 10.9 Å². The number of halogens is 4. The van der Waals surface area contributed by atoms with Gasteiger partial charge in [-0.2, -0.15) is 13.2 Å². The van der Waals surface area contributed by atoms with Gasteiger partial charge in [-0.1, -0.05) is 11.6 Å². The zero-order valence-corrected chi connectivity index (χ0v) is 10.4. The Morgan fingerprint density at radius 2 is 2.05 bits per heavy atom. The Labute approximate surface area is 111 Å². The van der Waals surface area contributed by atoms with Crippen LogP contribution >= 0.6 is 11.6 Å². The van der Waals surface area contributed by atoms with E-state index in [9.17, 15) is 18.3 Å². The van der Waals surface area contributed by atoms with Crippen molar-refractivity contribution in [1.82, 2.24) is 9.88 Å². The smallest absolute Gasteiger partial charge is 0.417 e. The van der Waals surface area contributed by atoms with Crippen molar-refractivity contribution in [2.45, 2.75) is 19.3 Å². The van der Waals surface area contributed by atoms with E-state index in [0.717, 1.165) is 6.07 Å². The Kier molecular flexibility index (Phi) is 2.69. The second-order valence-corrected chi connectivity index (χ2v) is 4.91. The highest BCUT2D eigenvalue weighted by Crippen LogP contribution is 2.43. The molecule has 1 aromatic heterocycles. The molecule has 19 heavy (non-hydrogen) atoms. The van der Waals surface area contributed by atoms with Crippen LogP contribution in [0, 0.1) is 0 Å². The lowest BCUT2D eigenvalue weighted by atomic mass is 10.1. The van der Waals surface area contributed by atoms with Crippen molar-refractivity contribution in [3.8, 4) is 5.88 Å². The third-order valence-corrected chi connectivity index (χ3v) is 3.55. The highest BCUT2D eigenvalue weighted by molar-refractivity contribution is 6.31. The average molecular weight is 291 g/mol. The van der Waals surface area contributed by atoms with Crippen molar-refractivity contribution in [2.24, 2.45) is 0 Å². The van der Waals surface area contributed by atoms with Crippen LogP contribution in [0.1, 0.15) is 11.3 Å². The maximum absolute atomic E-state index is 13.0. The summed E-state index contributed by atoms with van der Waals surface area (Å²) < 4.78 is 40.6. The Morgan fingerprint density at radius 3 is 2.74 bits per heavy atom. The van der Waals surface area contributed by atoms with E-state index in [1.54, 1.807) is 0 Å². The first kappa shape index (κ1) is 12.6. The minimum absolute atomic E-state index is 0.0128. The second kappa shape index (κ2) is 4.05. The van der Waals surface area contributed by atoms with Crippen LogP contribution in [0.3, 0.4) is 0 Å². The van der Waals surface area contributed by atoms with E-state index < -0.39 is 11.7 Å². The summed E-state index contributed by atoms with van der Waals surface area (Å²) in [4.78, 5) is 0. The number of rotatable bonds is 0.